The molecule has 0 heterocycles. The maximum atomic E-state index is 11.9. The molecular formula is C21H18N4O2. The van der Waals surface area contributed by atoms with Gasteiger partial charge in [0.1, 0.15) is 0 Å². The van der Waals surface area contributed by atoms with Gasteiger partial charge in [0.2, 0.25) is 0 Å². The van der Waals surface area contributed by atoms with Gasteiger partial charge in [-0.15, -0.1) is 0 Å². The van der Waals surface area contributed by atoms with E-state index in [-0.39, 0.29) is 12.5 Å². The Morgan fingerprint density at radius 1 is 0.815 bits per heavy atom. The number of carbonyl (C=O) groups excluding carboxylic acids is 1. The van der Waals surface area contributed by atoms with E-state index in [0.717, 1.165) is 11.3 Å². The molecule has 0 saturated heterocycles. The average Bonchev–Trinajstić information content (AvgIpc) is 2.72. The van der Waals surface area contributed by atoms with E-state index in [1.54, 1.807) is 30.5 Å². The molecule has 1 amide bonds. The molecule has 6 nitrogen and oxygen atoms in total. The normalized spacial score (nSPS) is 11.0. The minimum Gasteiger partial charge on any atom is -0.386 e. The fourth-order valence-electron chi connectivity index (χ4n) is 2.15. The van der Waals surface area contributed by atoms with Crippen LogP contribution in [0.2, 0.25) is 0 Å². The fourth-order valence-corrected chi connectivity index (χ4v) is 2.15. The summed E-state index contributed by atoms with van der Waals surface area (Å²) in [5.41, 5.74) is 3.02. The van der Waals surface area contributed by atoms with Crippen LogP contribution in [0, 0.1) is 0 Å². The van der Waals surface area contributed by atoms with Crippen LogP contribution in [0.1, 0.15) is 5.56 Å². The first kappa shape index (κ1) is 18.0. The number of oxime groups is 1. The molecule has 0 aliphatic carbocycles. The van der Waals surface area contributed by atoms with E-state index in [0.29, 0.717) is 11.4 Å². The number of nitrogens with one attached hydrogen (secondary N) is 1. The van der Waals surface area contributed by atoms with Crippen LogP contribution >= 0.6 is 0 Å². The Morgan fingerprint density at radius 2 is 1.41 bits per heavy atom. The highest BCUT2D eigenvalue weighted by atomic mass is 16.6. The molecule has 6 heteroatoms. The molecular weight excluding hydrogens is 340 g/mol. The molecule has 1 N–H and O–H groups in total. The van der Waals surface area contributed by atoms with Gasteiger partial charge in [-0.05, 0) is 42.0 Å². The summed E-state index contributed by atoms with van der Waals surface area (Å²) >= 11 is 0. The van der Waals surface area contributed by atoms with Gasteiger partial charge in [0.15, 0.2) is 6.61 Å². The van der Waals surface area contributed by atoms with Crippen LogP contribution in [0.5, 0.6) is 0 Å². The second kappa shape index (κ2) is 9.62. The summed E-state index contributed by atoms with van der Waals surface area (Å²) in [5, 5.41) is 14.8. The van der Waals surface area contributed by atoms with Crippen molar-refractivity contribution < 1.29 is 9.63 Å². The van der Waals surface area contributed by atoms with Gasteiger partial charge in [-0.25, -0.2) is 0 Å². The smallest absolute Gasteiger partial charge is 0.265 e. The summed E-state index contributed by atoms with van der Waals surface area (Å²) in [6.07, 6.45) is 1.56. The van der Waals surface area contributed by atoms with E-state index in [4.69, 9.17) is 4.84 Å². The summed E-state index contributed by atoms with van der Waals surface area (Å²) < 4.78 is 0. The number of hydrogen-bond donors (Lipinski definition) is 1. The number of azo groups is 1. The largest absolute Gasteiger partial charge is 0.386 e. The Kier molecular flexibility index (Phi) is 6.42. The first-order valence-corrected chi connectivity index (χ1v) is 8.37. The van der Waals surface area contributed by atoms with Crippen LogP contribution in [-0.4, -0.2) is 18.7 Å². The molecule has 0 radical (unpaired) electrons. The molecule has 0 saturated carbocycles. The van der Waals surface area contributed by atoms with Gasteiger partial charge in [-0.1, -0.05) is 53.7 Å². The Morgan fingerprint density at radius 3 is 2.07 bits per heavy atom. The lowest BCUT2D eigenvalue weighted by molar-refractivity contribution is -0.120. The third-order valence-electron chi connectivity index (χ3n) is 3.46. The number of carbonyl (C=O) groups is 1. The lowest BCUT2D eigenvalue weighted by atomic mass is 10.2. The van der Waals surface area contributed by atoms with Gasteiger partial charge in [0.05, 0.1) is 17.6 Å². The number of amides is 1. The van der Waals surface area contributed by atoms with Gasteiger partial charge in [-0.3, -0.25) is 4.79 Å². The summed E-state index contributed by atoms with van der Waals surface area (Å²) in [6.45, 7) is -0.168. The monoisotopic (exact) mass is 358 g/mol. The van der Waals surface area contributed by atoms with Crippen LogP contribution in [-0.2, 0) is 9.63 Å². The SMILES string of the molecule is O=C(CO/N=C\c1ccccc1)Nc1ccc(N=Nc2ccccc2)cc1. The maximum absolute atomic E-state index is 11.9. The lowest BCUT2D eigenvalue weighted by Gasteiger charge is -2.04. The molecule has 27 heavy (non-hydrogen) atoms. The highest BCUT2D eigenvalue weighted by molar-refractivity contribution is 5.91. The van der Waals surface area contributed by atoms with Crippen LogP contribution in [0.4, 0.5) is 17.1 Å². The number of rotatable bonds is 7. The number of benzene rings is 3. The zero-order valence-corrected chi connectivity index (χ0v) is 14.5. The minimum atomic E-state index is -0.293. The molecule has 0 aliphatic rings. The van der Waals surface area contributed by atoms with E-state index >= 15 is 0 Å². The number of anilines is 1. The molecule has 3 aromatic carbocycles. The minimum absolute atomic E-state index is 0.168. The van der Waals surface area contributed by atoms with Crippen LogP contribution in [0.3, 0.4) is 0 Å². The number of nitrogens with zero attached hydrogens (tertiary/aromatic N) is 3. The third-order valence-corrected chi connectivity index (χ3v) is 3.46. The van der Waals surface area contributed by atoms with Crippen molar-refractivity contribution in [2.45, 2.75) is 0 Å². The first-order valence-electron chi connectivity index (χ1n) is 8.37. The first-order chi connectivity index (χ1) is 13.3. The van der Waals surface area contributed by atoms with Crippen molar-refractivity contribution >= 4 is 29.2 Å². The zero-order chi connectivity index (χ0) is 18.7. The van der Waals surface area contributed by atoms with Gasteiger partial charge in [-0.2, -0.15) is 10.2 Å². The molecule has 0 aromatic heterocycles. The molecule has 3 aromatic rings. The Bertz CT molecular complexity index is 908. The second-order valence-corrected chi connectivity index (χ2v) is 5.55. The van der Waals surface area contributed by atoms with E-state index in [9.17, 15) is 4.79 Å². The van der Waals surface area contributed by atoms with Crippen LogP contribution in [0.25, 0.3) is 0 Å². The molecule has 0 unspecified atom stereocenters. The Labute approximate surface area is 157 Å². The van der Waals surface area contributed by atoms with Crippen molar-refractivity contribution in [3.63, 3.8) is 0 Å². The summed E-state index contributed by atoms with van der Waals surface area (Å²) in [4.78, 5) is 16.9. The molecule has 0 aliphatic heterocycles. The van der Waals surface area contributed by atoms with Crippen molar-refractivity contribution in [1.82, 2.24) is 0 Å². The van der Waals surface area contributed by atoms with Crippen molar-refractivity contribution in [3.05, 3.63) is 90.5 Å². The van der Waals surface area contributed by atoms with Crippen LogP contribution in [0.15, 0.2) is 100 Å². The molecule has 134 valence electrons. The standard InChI is InChI=1S/C21H18N4O2/c26-21(16-27-22-15-17-7-3-1-4-8-17)23-18-11-13-20(14-12-18)25-24-19-9-5-2-6-10-19/h1-15H,16H2,(H,23,26)/b22-15-,25-24?. The number of hydrogen-bond acceptors (Lipinski definition) is 5. The highest BCUT2D eigenvalue weighted by Gasteiger charge is 2.02. The Balaban J connectivity index is 1.45. The van der Waals surface area contributed by atoms with Crippen molar-refractivity contribution in [2.24, 2.45) is 15.4 Å². The Hall–Kier alpha value is -3.80. The summed E-state index contributed by atoms with van der Waals surface area (Å²) in [6, 6.07) is 26.0. The zero-order valence-electron chi connectivity index (χ0n) is 14.5. The molecule has 0 bridgehead atoms. The molecule has 0 spiro atoms. The topological polar surface area (TPSA) is 75.4 Å². The van der Waals surface area contributed by atoms with E-state index in [1.165, 1.54) is 0 Å². The highest BCUT2D eigenvalue weighted by Crippen LogP contribution is 2.19. The summed E-state index contributed by atoms with van der Waals surface area (Å²) in [5.74, 6) is -0.293. The quantitative estimate of drug-likeness (QED) is 0.363. The molecule has 0 atom stereocenters. The predicted molar refractivity (Wildman–Crippen MR) is 106 cm³/mol. The molecule has 3 rings (SSSR count). The lowest BCUT2D eigenvalue weighted by Crippen LogP contribution is -2.16. The summed E-state index contributed by atoms with van der Waals surface area (Å²) in [7, 11) is 0. The average molecular weight is 358 g/mol. The second-order valence-electron chi connectivity index (χ2n) is 5.55. The van der Waals surface area contributed by atoms with Gasteiger partial charge < -0.3 is 10.2 Å². The van der Waals surface area contributed by atoms with E-state index < -0.39 is 0 Å². The van der Waals surface area contributed by atoms with Gasteiger partial charge in [0.25, 0.3) is 5.91 Å². The third kappa shape index (κ3) is 6.21. The predicted octanol–water partition coefficient (Wildman–Crippen LogP) is 5.09. The molecule has 0 fully saturated rings. The maximum Gasteiger partial charge on any atom is 0.265 e. The van der Waals surface area contributed by atoms with Crippen LogP contribution < -0.4 is 5.32 Å². The van der Waals surface area contributed by atoms with Crippen molar-refractivity contribution in [1.29, 1.82) is 0 Å². The fraction of sp³-hybridized carbons (Fsp3) is 0.0476. The van der Waals surface area contributed by atoms with E-state index in [2.05, 4.69) is 20.7 Å². The van der Waals surface area contributed by atoms with Gasteiger partial charge >= 0.3 is 0 Å². The van der Waals surface area contributed by atoms with E-state index in [1.807, 2.05) is 60.7 Å². The van der Waals surface area contributed by atoms with Gasteiger partial charge in [0, 0.05) is 5.69 Å². The van der Waals surface area contributed by atoms with Crippen molar-refractivity contribution in [3.8, 4) is 0 Å². The van der Waals surface area contributed by atoms with Crippen molar-refractivity contribution in [2.75, 3.05) is 11.9 Å².